The van der Waals surface area contributed by atoms with Gasteiger partial charge in [-0.2, -0.15) is 5.10 Å². The van der Waals surface area contributed by atoms with Crippen molar-refractivity contribution in [2.45, 2.75) is 19.8 Å². The van der Waals surface area contributed by atoms with Crippen LogP contribution in [0.2, 0.25) is 0 Å². The number of rotatable bonds is 4. The van der Waals surface area contributed by atoms with Crippen LogP contribution >= 0.6 is 11.3 Å². The van der Waals surface area contributed by atoms with Crippen LogP contribution in [0.3, 0.4) is 0 Å². The fourth-order valence-corrected chi connectivity index (χ4v) is 2.26. The molecule has 0 aliphatic heterocycles. The quantitative estimate of drug-likeness (QED) is 0.679. The van der Waals surface area contributed by atoms with Crippen LogP contribution in [0.15, 0.2) is 39.6 Å². The first-order valence-electron chi connectivity index (χ1n) is 5.61. The number of nitrogens with one attached hydrogen (secondary N) is 1. The maximum absolute atomic E-state index is 11.8. The van der Waals surface area contributed by atoms with Crippen molar-refractivity contribution in [2.24, 2.45) is 5.10 Å². The lowest BCUT2D eigenvalue weighted by atomic mass is 10.1. The normalized spacial score (nSPS) is 11.3. The lowest BCUT2D eigenvalue weighted by Gasteiger charge is -1.97. The number of hydrogen-bond acceptors (Lipinski definition) is 4. The van der Waals surface area contributed by atoms with E-state index in [0.29, 0.717) is 11.5 Å². The Morgan fingerprint density at radius 2 is 2.39 bits per heavy atom. The highest BCUT2D eigenvalue weighted by atomic mass is 32.1. The van der Waals surface area contributed by atoms with E-state index in [-0.39, 0.29) is 5.91 Å². The summed E-state index contributed by atoms with van der Waals surface area (Å²) in [7, 11) is 0. The highest BCUT2D eigenvalue weighted by Gasteiger charge is 2.09. The van der Waals surface area contributed by atoms with E-state index in [2.05, 4.69) is 24.4 Å². The zero-order valence-electron chi connectivity index (χ0n) is 10.2. The third-order valence-corrected chi connectivity index (χ3v) is 3.61. The minimum absolute atomic E-state index is 0.196. The van der Waals surface area contributed by atoms with Crippen molar-refractivity contribution in [3.8, 4) is 0 Å². The predicted molar refractivity (Wildman–Crippen MR) is 72.2 cm³/mol. The Kier molecular flexibility index (Phi) is 3.94. The van der Waals surface area contributed by atoms with Crippen LogP contribution < -0.4 is 5.43 Å². The Balaban J connectivity index is 1.95. The van der Waals surface area contributed by atoms with Crippen molar-refractivity contribution in [1.29, 1.82) is 0 Å². The van der Waals surface area contributed by atoms with Crippen LogP contribution in [0.5, 0.6) is 0 Å². The standard InChI is InChI=1S/C13H14N2O2S/c1-9(2)12-5-11(8-18-12)13(16)15-14-6-10-3-4-17-7-10/h3-9H,1-2H3,(H,15,16)/b14-6-. The molecule has 0 saturated heterocycles. The van der Waals surface area contributed by atoms with Gasteiger partial charge in [-0.25, -0.2) is 5.43 Å². The van der Waals surface area contributed by atoms with Crippen molar-refractivity contribution in [3.05, 3.63) is 46.0 Å². The summed E-state index contributed by atoms with van der Waals surface area (Å²) >= 11 is 1.59. The molecule has 0 fully saturated rings. The lowest BCUT2D eigenvalue weighted by Crippen LogP contribution is -2.16. The van der Waals surface area contributed by atoms with Gasteiger partial charge in [0, 0.05) is 15.8 Å². The molecule has 0 aromatic carbocycles. The molecule has 5 heteroatoms. The van der Waals surface area contributed by atoms with Gasteiger partial charge in [-0.1, -0.05) is 13.8 Å². The number of carbonyl (C=O) groups is 1. The molecule has 1 N–H and O–H groups in total. The molecule has 2 aromatic rings. The van der Waals surface area contributed by atoms with E-state index in [9.17, 15) is 4.79 Å². The molecule has 2 aromatic heterocycles. The molecule has 0 saturated carbocycles. The summed E-state index contributed by atoms with van der Waals surface area (Å²) < 4.78 is 4.88. The average molecular weight is 262 g/mol. The molecule has 0 aliphatic rings. The Morgan fingerprint density at radius 3 is 3.00 bits per heavy atom. The molecule has 0 bridgehead atoms. The van der Waals surface area contributed by atoms with E-state index in [1.54, 1.807) is 29.9 Å². The molecule has 1 amide bonds. The molecule has 18 heavy (non-hydrogen) atoms. The van der Waals surface area contributed by atoms with E-state index in [4.69, 9.17) is 4.42 Å². The summed E-state index contributed by atoms with van der Waals surface area (Å²) in [5.41, 5.74) is 3.94. The maximum Gasteiger partial charge on any atom is 0.272 e. The third kappa shape index (κ3) is 3.07. The topological polar surface area (TPSA) is 54.6 Å². The molecule has 94 valence electrons. The number of amides is 1. The molecule has 0 unspecified atom stereocenters. The number of thiophene rings is 1. The molecule has 4 nitrogen and oxygen atoms in total. The van der Waals surface area contributed by atoms with Gasteiger partial charge in [0.2, 0.25) is 0 Å². The Morgan fingerprint density at radius 1 is 1.56 bits per heavy atom. The van der Waals surface area contributed by atoms with Gasteiger partial charge in [0.15, 0.2) is 0 Å². The molecule has 2 rings (SSSR count). The summed E-state index contributed by atoms with van der Waals surface area (Å²) in [6.07, 6.45) is 4.64. The minimum atomic E-state index is -0.196. The predicted octanol–water partition coefficient (Wildman–Crippen LogP) is 3.23. The third-order valence-electron chi connectivity index (χ3n) is 2.37. The molecular formula is C13H14N2O2S. The van der Waals surface area contributed by atoms with Crippen LogP contribution in [0.25, 0.3) is 0 Å². The lowest BCUT2D eigenvalue weighted by molar-refractivity contribution is 0.0955. The SMILES string of the molecule is CC(C)c1cc(C(=O)N/N=C\c2ccoc2)cs1. The summed E-state index contributed by atoms with van der Waals surface area (Å²) in [6, 6.07) is 3.66. The van der Waals surface area contributed by atoms with E-state index >= 15 is 0 Å². The molecular weight excluding hydrogens is 248 g/mol. The van der Waals surface area contributed by atoms with Crippen LogP contribution in [-0.4, -0.2) is 12.1 Å². The smallest absolute Gasteiger partial charge is 0.272 e. The van der Waals surface area contributed by atoms with E-state index in [1.807, 2.05) is 11.4 Å². The van der Waals surface area contributed by atoms with Gasteiger partial charge in [0.05, 0.1) is 24.3 Å². The number of hydrogen-bond donors (Lipinski definition) is 1. The molecule has 0 spiro atoms. The van der Waals surface area contributed by atoms with Crippen LogP contribution in [-0.2, 0) is 0 Å². The summed E-state index contributed by atoms with van der Waals surface area (Å²) in [6.45, 7) is 4.20. The maximum atomic E-state index is 11.8. The number of furan rings is 1. The van der Waals surface area contributed by atoms with Gasteiger partial charge in [0.25, 0.3) is 5.91 Å². The van der Waals surface area contributed by atoms with Gasteiger partial charge < -0.3 is 4.42 Å². The number of hydrazone groups is 1. The Hall–Kier alpha value is -1.88. The molecule has 0 radical (unpaired) electrons. The summed E-state index contributed by atoms with van der Waals surface area (Å²) in [4.78, 5) is 13.0. The van der Waals surface area contributed by atoms with Crippen molar-refractivity contribution < 1.29 is 9.21 Å². The second-order valence-corrected chi connectivity index (χ2v) is 5.09. The van der Waals surface area contributed by atoms with Crippen LogP contribution in [0.1, 0.15) is 40.6 Å². The highest BCUT2D eigenvalue weighted by Crippen LogP contribution is 2.22. The van der Waals surface area contributed by atoms with Gasteiger partial charge in [0.1, 0.15) is 0 Å². The van der Waals surface area contributed by atoms with Crippen molar-refractivity contribution in [1.82, 2.24) is 5.43 Å². The largest absolute Gasteiger partial charge is 0.472 e. The van der Waals surface area contributed by atoms with Gasteiger partial charge in [-0.3, -0.25) is 4.79 Å². The average Bonchev–Trinajstić information content (AvgIpc) is 2.99. The van der Waals surface area contributed by atoms with Crippen molar-refractivity contribution in [3.63, 3.8) is 0 Å². The summed E-state index contributed by atoms with van der Waals surface area (Å²) in [5.74, 6) is 0.240. The van der Waals surface area contributed by atoms with Crippen LogP contribution in [0.4, 0.5) is 0 Å². The number of nitrogens with zero attached hydrogens (tertiary/aromatic N) is 1. The van der Waals surface area contributed by atoms with E-state index < -0.39 is 0 Å². The summed E-state index contributed by atoms with van der Waals surface area (Å²) in [5, 5.41) is 5.71. The minimum Gasteiger partial charge on any atom is -0.472 e. The van der Waals surface area contributed by atoms with Crippen molar-refractivity contribution in [2.75, 3.05) is 0 Å². The van der Waals surface area contributed by atoms with Crippen molar-refractivity contribution >= 4 is 23.5 Å². The monoisotopic (exact) mass is 262 g/mol. The number of carbonyl (C=O) groups excluding carboxylic acids is 1. The first-order chi connectivity index (χ1) is 8.66. The van der Waals surface area contributed by atoms with E-state index in [1.165, 1.54) is 11.1 Å². The zero-order valence-corrected chi connectivity index (χ0v) is 11.0. The van der Waals surface area contributed by atoms with E-state index in [0.717, 1.165) is 5.56 Å². The van der Waals surface area contributed by atoms with Gasteiger partial charge in [-0.15, -0.1) is 11.3 Å². The van der Waals surface area contributed by atoms with Gasteiger partial charge >= 0.3 is 0 Å². The van der Waals surface area contributed by atoms with Gasteiger partial charge in [-0.05, 0) is 18.1 Å². The molecule has 2 heterocycles. The first-order valence-corrected chi connectivity index (χ1v) is 6.49. The first kappa shape index (κ1) is 12.6. The highest BCUT2D eigenvalue weighted by molar-refractivity contribution is 7.10. The fourth-order valence-electron chi connectivity index (χ4n) is 1.35. The Bertz CT molecular complexity index is 541. The molecule has 0 aliphatic carbocycles. The Labute approximate surface area is 109 Å². The second kappa shape index (κ2) is 5.64. The second-order valence-electron chi connectivity index (χ2n) is 4.15. The fraction of sp³-hybridized carbons (Fsp3) is 0.231. The van der Waals surface area contributed by atoms with Crippen LogP contribution in [0, 0.1) is 0 Å². The zero-order chi connectivity index (χ0) is 13.0. The molecule has 0 atom stereocenters.